The molecule has 15 heteroatoms. The Morgan fingerprint density at radius 3 is 2.76 bits per heavy atom. The number of fused-ring (bicyclic) bond motifs is 1. The molecule has 0 saturated carbocycles. The predicted molar refractivity (Wildman–Crippen MR) is 148 cm³/mol. The number of hydrogen-bond donors (Lipinski definition) is 5. The van der Waals surface area contributed by atoms with Crippen molar-refractivity contribution in [1.82, 2.24) is 29.5 Å². The summed E-state index contributed by atoms with van der Waals surface area (Å²) in [4.78, 5) is 21.3. The third kappa shape index (κ3) is 7.23. The first-order valence-corrected chi connectivity index (χ1v) is 13.4. The number of aliphatic hydroxyl groups is 2. The Morgan fingerprint density at radius 2 is 2.05 bits per heavy atom. The van der Waals surface area contributed by atoms with Crippen LogP contribution < -0.4 is 16.4 Å². The van der Waals surface area contributed by atoms with Crippen LogP contribution in [-0.2, 0) is 23.9 Å². The number of amides is 1. The zero-order chi connectivity index (χ0) is 30.3. The van der Waals surface area contributed by atoms with E-state index in [-0.39, 0.29) is 42.4 Å². The third-order valence-corrected chi connectivity index (χ3v) is 6.38. The molecule has 12 nitrogen and oxygen atoms in total. The molecular formula is C27H33F3N8O4. The van der Waals surface area contributed by atoms with E-state index in [0.29, 0.717) is 49.8 Å². The van der Waals surface area contributed by atoms with E-state index in [9.17, 15) is 23.1 Å². The van der Waals surface area contributed by atoms with Crippen LogP contribution in [0.3, 0.4) is 0 Å². The van der Waals surface area contributed by atoms with Gasteiger partial charge in [0.2, 0.25) is 0 Å². The summed E-state index contributed by atoms with van der Waals surface area (Å²) >= 11 is 0. The van der Waals surface area contributed by atoms with Crippen LogP contribution in [0.2, 0.25) is 0 Å². The van der Waals surface area contributed by atoms with E-state index in [1.807, 2.05) is 6.92 Å². The van der Waals surface area contributed by atoms with E-state index in [1.165, 1.54) is 29.2 Å². The monoisotopic (exact) mass is 590 g/mol. The minimum absolute atomic E-state index is 0.00243. The van der Waals surface area contributed by atoms with E-state index in [0.717, 1.165) is 10.2 Å². The van der Waals surface area contributed by atoms with Crippen molar-refractivity contribution in [3.8, 4) is 11.3 Å². The van der Waals surface area contributed by atoms with Gasteiger partial charge in [-0.25, -0.2) is 9.97 Å². The van der Waals surface area contributed by atoms with Crippen LogP contribution in [0.4, 0.5) is 24.7 Å². The molecule has 226 valence electrons. The molecule has 6 N–H and O–H groups in total. The molecule has 1 aromatic carbocycles. The number of benzene rings is 1. The smallest absolute Gasteiger partial charge is 0.396 e. The van der Waals surface area contributed by atoms with Gasteiger partial charge in [0.15, 0.2) is 17.2 Å². The molecule has 4 aromatic rings. The number of alkyl halides is 3. The van der Waals surface area contributed by atoms with E-state index in [1.54, 1.807) is 18.2 Å². The second-order valence-corrected chi connectivity index (χ2v) is 9.40. The molecule has 0 spiro atoms. The summed E-state index contributed by atoms with van der Waals surface area (Å²) < 4.78 is 49.5. The van der Waals surface area contributed by atoms with Crippen molar-refractivity contribution < 1.29 is 32.9 Å². The fraction of sp³-hybridized carbons (Fsp3) is 0.407. The molecule has 4 rings (SSSR count). The van der Waals surface area contributed by atoms with Gasteiger partial charge in [-0.3, -0.25) is 13.9 Å². The lowest BCUT2D eigenvalue weighted by atomic mass is 10.0. The normalized spacial score (nSPS) is 12.5. The number of ether oxygens (including phenoxy) is 1. The van der Waals surface area contributed by atoms with Gasteiger partial charge in [-0.15, -0.1) is 0 Å². The zero-order valence-corrected chi connectivity index (χ0v) is 22.9. The minimum atomic E-state index is -4.76. The number of imidazole rings is 1. The number of anilines is 2. The van der Waals surface area contributed by atoms with Crippen molar-refractivity contribution in [3.63, 3.8) is 0 Å². The predicted octanol–water partition coefficient (Wildman–Crippen LogP) is 2.37. The summed E-state index contributed by atoms with van der Waals surface area (Å²) in [6, 6.07) is 5.19. The van der Waals surface area contributed by atoms with Crippen LogP contribution in [0.15, 0.2) is 43.0 Å². The van der Waals surface area contributed by atoms with E-state index in [2.05, 4.69) is 25.7 Å². The summed E-state index contributed by atoms with van der Waals surface area (Å²) in [5, 5.41) is 28.6. The number of carbonyl (C=O) groups excluding carboxylic acids is 1. The van der Waals surface area contributed by atoms with Gasteiger partial charge in [-0.2, -0.15) is 18.3 Å². The van der Waals surface area contributed by atoms with Crippen molar-refractivity contribution >= 4 is 23.1 Å². The number of halogens is 3. The van der Waals surface area contributed by atoms with Gasteiger partial charge in [-0.05, 0) is 36.6 Å². The standard InChI is InChI=1S/C27H33F3N8O4/c1-2-17-13-18(3-4-20(17)26(41)33-8-12-42-11-6-31)35-24-25-34-14-22(38(25)9-7-32-24)21-16-37(15-19(40)5-10-39)36-23(21)27(28,29)30/h3-4,7,9,13-14,16,19,39-40H,2,5-6,8,10-12,15,31H2,1H3,(H,32,35)(H,33,41). The van der Waals surface area contributed by atoms with Gasteiger partial charge in [0.25, 0.3) is 5.91 Å². The van der Waals surface area contributed by atoms with E-state index in [4.69, 9.17) is 15.6 Å². The number of nitrogens with two attached hydrogens (primary N) is 1. The highest BCUT2D eigenvalue weighted by molar-refractivity contribution is 5.96. The van der Waals surface area contributed by atoms with Gasteiger partial charge in [-0.1, -0.05) is 6.92 Å². The number of carbonyl (C=O) groups is 1. The van der Waals surface area contributed by atoms with Crippen LogP contribution in [0, 0.1) is 0 Å². The SMILES string of the molecule is CCc1cc(Nc2nccn3c(-c4cn(CC(O)CCO)nc4C(F)(F)F)cnc23)ccc1C(=O)NCCOCCN. The molecule has 3 heterocycles. The Morgan fingerprint density at radius 1 is 1.24 bits per heavy atom. The Bertz CT molecular complexity index is 1500. The van der Waals surface area contributed by atoms with Crippen LogP contribution >= 0.6 is 0 Å². The minimum Gasteiger partial charge on any atom is -0.396 e. The highest BCUT2D eigenvalue weighted by atomic mass is 19.4. The molecule has 1 atom stereocenters. The summed E-state index contributed by atoms with van der Waals surface area (Å²) in [7, 11) is 0. The number of rotatable bonds is 14. The van der Waals surface area contributed by atoms with Gasteiger partial charge in [0, 0.05) is 49.5 Å². The second-order valence-electron chi connectivity index (χ2n) is 9.40. The van der Waals surface area contributed by atoms with Crippen LogP contribution in [0.1, 0.15) is 35.0 Å². The highest BCUT2D eigenvalue weighted by Gasteiger charge is 2.38. The van der Waals surface area contributed by atoms with Gasteiger partial charge in [0.05, 0.1) is 43.3 Å². The molecule has 3 aromatic heterocycles. The van der Waals surface area contributed by atoms with Crippen molar-refractivity contribution in [1.29, 1.82) is 0 Å². The van der Waals surface area contributed by atoms with Gasteiger partial charge >= 0.3 is 6.18 Å². The lowest BCUT2D eigenvalue weighted by Crippen LogP contribution is -2.28. The first-order valence-electron chi connectivity index (χ1n) is 13.4. The fourth-order valence-corrected chi connectivity index (χ4v) is 4.41. The van der Waals surface area contributed by atoms with Gasteiger partial charge < -0.3 is 31.3 Å². The molecule has 0 aliphatic carbocycles. The van der Waals surface area contributed by atoms with Crippen molar-refractivity contribution in [3.05, 3.63) is 59.8 Å². The number of nitrogens with zero attached hydrogens (tertiary/aromatic N) is 5. The van der Waals surface area contributed by atoms with Gasteiger partial charge in [0.1, 0.15) is 0 Å². The number of nitrogens with one attached hydrogen (secondary N) is 2. The highest BCUT2D eigenvalue weighted by Crippen LogP contribution is 2.37. The van der Waals surface area contributed by atoms with Crippen molar-refractivity contribution in [2.75, 3.05) is 38.2 Å². The van der Waals surface area contributed by atoms with Crippen LogP contribution in [-0.4, -0.2) is 79.3 Å². The Labute approximate surface area is 239 Å². The lowest BCUT2D eigenvalue weighted by molar-refractivity contribution is -0.141. The Kier molecular flexibility index (Phi) is 10.1. The maximum Gasteiger partial charge on any atom is 0.435 e. The molecule has 42 heavy (non-hydrogen) atoms. The Hall–Kier alpha value is -4.05. The molecule has 0 bridgehead atoms. The molecule has 1 amide bonds. The maximum absolute atomic E-state index is 13.9. The lowest BCUT2D eigenvalue weighted by Gasteiger charge is -2.13. The topological polar surface area (TPSA) is 165 Å². The molecule has 0 aliphatic rings. The molecule has 0 fully saturated rings. The van der Waals surface area contributed by atoms with Crippen LogP contribution in [0.5, 0.6) is 0 Å². The fourth-order valence-electron chi connectivity index (χ4n) is 4.41. The van der Waals surface area contributed by atoms with E-state index >= 15 is 0 Å². The third-order valence-electron chi connectivity index (χ3n) is 6.38. The van der Waals surface area contributed by atoms with E-state index < -0.39 is 18.0 Å². The number of aryl methyl sites for hydroxylation is 1. The summed E-state index contributed by atoms with van der Waals surface area (Å²) in [5.74, 6) is 0.0529. The Balaban J connectivity index is 1.59. The first-order chi connectivity index (χ1) is 20.2. The summed E-state index contributed by atoms with van der Waals surface area (Å²) in [5.41, 5.74) is 6.34. The zero-order valence-electron chi connectivity index (χ0n) is 22.9. The summed E-state index contributed by atoms with van der Waals surface area (Å²) in [6.07, 6.45) is 0.163. The molecular weight excluding hydrogens is 557 g/mol. The van der Waals surface area contributed by atoms with Crippen molar-refractivity contribution in [2.45, 2.75) is 38.6 Å². The number of aromatic nitrogens is 5. The molecule has 1 unspecified atom stereocenters. The average Bonchev–Trinajstić information content (AvgIpc) is 3.57. The maximum atomic E-state index is 13.9. The molecule has 0 aliphatic heterocycles. The quantitative estimate of drug-likeness (QED) is 0.139. The molecule has 0 radical (unpaired) electrons. The first kappa shape index (κ1) is 30.9. The van der Waals surface area contributed by atoms with Crippen molar-refractivity contribution in [2.24, 2.45) is 5.73 Å². The number of aliphatic hydroxyl groups excluding tert-OH is 2. The number of hydrogen-bond acceptors (Lipinski definition) is 9. The molecule has 0 saturated heterocycles. The summed E-state index contributed by atoms with van der Waals surface area (Å²) in [6.45, 7) is 2.90. The average molecular weight is 591 g/mol. The van der Waals surface area contributed by atoms with Crippen LogP contribution in [0.25, 0.3) is 16.9 Å². The largest absolute Gasteiger partial charge is 0.435 e. The second kappa shape index (κ2) is 13.7.